The molecule has 128 valence electrons. The van der Waals surface area contributed by atoms with Gasteiger partial charge >= 0.3 is 5.97 Å². The Hall–Kier alpha value is -1.28. The summed E-state index contributed by atoms with van der Waals surface area (Å²) in [4.78, 5) is 11.6. The molecule has 0 fully saturated rings. The molecular formula is C15H12BrCl2NO4S. The van der Waals surface area contributed by atoms with Crippen molar-refractivity contribution in [3.05, 3.63) is 57.0 Å². The van der Waals surface area contributed by atoms with Gasteiger partial charge in [0, 0.05) is 4.47 Å². The van der Waals surface area contributed by atoms with Crippen molar-refractivity contribution in [3.8, 4) is 0 Å². The lowest BCUT2D eigenvalue weighted by atomic mass is 10.3. The first-order valence-electron chi connectivity index (χ1n) is 6.56. The molecule has 0 bridgehead atoms. The molecule has 2 rings (SSSR count). The molecule has 9 heteroatoms. The summed E-state index contributed by atoms with van der Waals surface area (Å²) in [5.74, 6) is -0.700. The van der Waals surface area contributed by atoms with Crippen molar-refractivity contribution in [3.63, 3.8) is 0 Å². The van der Waals surface area contributed by atoms with Crippen LogP contribution in [0.2, 0.25) is 10.0 Å². The number of sulfonamides is 1. The third-order valence-electron chi connectivity index (χ3n) is 3.10. The van der Waals surface area contributed by atoms with Crippen molar-refractivity contribution < 1.29 is 17.9 Å². The minimum absolute atomic E-state index is 0.0865. The zero-order valence-corrected chi connectivity index (χ0v) is 16.3. The Bertz CT molecular complexity index is 874. The van der Waals surface area contributed by atoms with Crippen LogP contribution in [0.1, 0.15) is 0 Å². The Balaban J connectivity index is 2.59. The molecule has 24 heavy (non-hydrogen) atoms. The van der Waals surface area contributed by atoms with Gasteiger partial charge in [-0.1, -0.05) is 35.3 Å². The van der Waals surface area contributed by atoms with E-state index >= 15 is 0 Å². The molecule has 0 saturated heterocycles. The molecule has 0 spiro atoms. The molecule has 0 N–H and O–H groups in total. The number of para-hydroxylation sites is 1. The molecule has 2 aromatic rings. The number of rotatable bonds is 5. The van der Waals surface area contributed by atoms with Gasteiger partial charge in [0.2, 0.25) is 0 Å². The van der Waals surface area contributed by atoms with Crippen molar-refractivity contribution in [2.75, 3.05) is 18.0 Å². The normalized spacial score (nSPS) is 11.2. The molecule has 2 aromatic carbocycles. The van der Waals surface area contributed by atoms with Gasteiger partial charge in [-0.3, -0.25) is 9.10 Å². The van der Waals surface area contributed by atoms with Gasteiger partial charge in [0.05, 0.1) is 27.7 Å². The number of anilines is 1. The third kappa shape index (κ3) is 4.03. The van der Waals surface area contributed by atoms with Crippen LogP contribution >= 0.6 is 39.1 Å². The first-order chi connectivity index (χ1) is 11.3. The Morgan fingerprint density at radius 3 is 2.42 bits per heavy atom. The van der Waals surface area contributed by atoms with Crippen LogP contribution in [0.25, 0.3) is 0 Å². The molecule has 0 aliphatic rings. The fourth-order valence-electron chi connectivity index (χ4n) is 1.90. The number of carbonyl (C=O) groups excluding carboxylic acids is 1. The quantitative estimate of drug-likeness (QED) is 0.640. The maximum absolute atomic E-state index is 13.0. The number of methoxy groups -OCH3 is 1. The Morgan fingerprint density at radius 1 is 1.17 bits per heavy atom. The van der Waals surface area contributed by atoms with Crippen LogP contribution in [0.3, 0.4) is 0 Å². The summed E-state index contributed by atoms with van der Waals surface area (Å²) in [6.45, 7) is -0.484. The zero-order valence-electron chi connectivity index (χ0n) is 12.4. The molecule has 0 heterocycles. The lowest BCUT2D eigenvalue weighted by Gasteiger charge is -2.24. The highest BCUT2D eigenvalue weighted by Gasteiger charge is 2.29. The fourth-order valence-corrected chi connectivity index (χ4v) is 4.33. The van der Waals surface area contributed by atoms with Crippen LogP contribution in [0.5, 0.6) is 0 Å². The number of ether oxygens (including phenoxy) is 1. The molecule has 0 amide bonds. The maximum atomic E-state index is 13.0. The molecule has 5 nitrogen and oxygen atoms in total. The average molecular weight is 453 g/mol. The van der Waals surface area contributed by atoms with Crippen LogP contribution in [0.15, 0.2) is 51.8 Å². The van der Waals surface area contributed by atoms with Crippen molar-refractivity contribution in [2.24, 2.45) is 0 Å². The second-order valence-electron chi connectivity index (χ2n) is 4.62. The van der Waals surface area contributed by atoms with E-state index in [1.807, 2.05) is 0 Å². The van der Waals surface area contributed by atoms with E-state index in [1.54, 1.807) is 24.3 Å². The first kappa shape index (κ1) is 19.1. The molecule has 0 unspecified atom stereocenters. The van der Waals surface area contributed by atoms with Gasteiger partial charge in [0.15, 0.2) is 0 Å². The van der Waals surface area contributed by atoms with Crippen LogP contribution in [-0.4, -0.2) is 28.0 Å². The van der Waals surface area contributed by atoms with E-state index in [4.69, 9.17) is 23.2 Å². The standard InChI is InChI=1S/C15H12BrCl2NO4S/c1-23-15(20)9-19(14-5-3-2-4-11(14)16)24(21,22)10-6-7-12(17)13(18)8-10/h2-8H,9H2,1H3. The molecule has 0 atom stereocenters. The summed E-state index contributed by atoms with van der Waals surface area (Å²) in [5.41, 5.74) is 0.300. The number of hydrogen-bond acceptors (Lipinski definition) is 4. The lowest BCUT2D eigenvalue weighted by Crippen LogP contribution is -2.36. The second kappa shape index (κ2) is 7.74. The summed E-state index contributed by atoms with van der Waals surface area (Å²) in [6.07, 6.45) is 0. The highest BCUT2D eigenvalue weighted by Crippen LogP contribution is 2.32. The number of nitrogens with zero attached hydrogens (tertiary/aromatic N) is 1. The van der Waals surface area contributed by atoms with Gasteiger partial charge in [0.1, 0.15) is 6.54 Å². The number of esters is 1. The van der Waals surface area contributed by atoms with Gasteiger partial charge in [-0.2, -0.15) is 0 Å². The highest BCUT2D eigenvalue weighted by atomic mass is 79.9. The Kier molecular flexibility index (Phi) is 6.14. The van der Waals surface area contributed by atoms with E-state index in [1.165, 1.54) is 25.3 Å². The number of hydrogen-bond donors (Lipinski definition) is 0. The largest absolute Gasteiger partial charge is 0.468 e. The van der Waals surface area contributed by atoms with Crippen LogP contribution < -0.4 is 4.31 Å². The van der Waals surface area contributed by atoms with Gasteiger partial charge in [-0.15, -0.1) is 0 Å². The minimum atomic E-state index is -4.06. The van der Waals surface area contributed by atoms with E-state index in [0.29, 0.717) is 10.2 Å². The first-order valence-corrected chi connectivity index (χ1v) is 9.55. The predicted molar refractivity (Wildman–Crippen MR) is 97.2 cm³/mol. The molecule has 0 aliphatic carbocycles. The van der Waals surface area contributed by atoms with E-state index in [0.717, 1.165) is 4.31 Å². The van der Waals surface area contributed by atoms with Gasteiger partial charge in [0.25, 0.3) is 10.0 Å². The van der Waals surface area contributed by atoms with E-state index in [2.05, 4.69) is 20.7 Å². The maximum Gasteiger partial charge on any atom is 0.326 e. The zero-order chi connectivity index (χ0) is 17.9. The smallest absolute Gasteiger partial charge is 0.326 e. The fraction of sp³-hybridized carbons (Fsp3) is 0.133. The van der Waals surface area contributed by atoms with E-state index in [-0.39, 0.29) is 14.9 Å². The molecule has 0 saturated carbocycles. The van der Waals surface area contributed by atoms with Crippen LogP contribution in [-0.2, 0) is 19.6 Å². The summed E-state index contributed by atoms with van der Waals surface area (Å²) >= 11 is 15.1. The predicted octanol–water partition coefficient (Wildman–Crippen LogP) is 4.12. The summed E-state index contributed by atoms with van der Waals surface area (Å²) in [5, 5.41) is 0.332. The molecule has 0 aromatic heterocycles. The van der Waals surface area contributed by atoms with Gasteiger partial charge in [-0.05, 0) is 46.3 Å². The number of carbonyl (C=O) groups is 1. The number of benzene rings is 2. The van der Waals surface area contributed by atoms with Crippen LogP contribution in [0, 0.1) is 0 Å². The van der Waals surface area contributed by atoms with E-state index in [9.17, 15) is 13.2 Å². The van der Waals surface area contributed by atoms with E-state index < -0.39 is 22.5 Å². The Morgan fingerprint density at radius 2 is 1.83 bits per heavy atom. The molecule has 0 aliphatic heterocycles. The highest BCUT2D eigenvalue weighted by molar-refractivity contribution is 9.10. The summed E-state index contributed by atoms with van der Waals surface area (Å²) in [6, 6.07) is 10.6. The lowest BCUT2D eigenvalue weighted by molar-refractivity contribution is -0.138. The molecule has 0 radical (unpaired) electrons. The SMILES string of the molecule is COC(=O)CN(c1ccccc1Br)S(=O)(=O)c1ccc(Cl)c(Cl)c1. The van der Waals surface area contributed by atoms with Gasteiger partial charge in [-0.25, -0.2) is 8.42 Å². The summed E-state index contributed by atoms with van der Waals surface area (Å²) in [7, 11) is -2.87. The van der Waals surface area contributed by atoms with Crippen LogP contribution in [0.4, 0.5) is 5.69 Å². The van der Waals surface area contributed by atoms with Crippen molar-refractivity contribution >= 4 is 60.8 Å². The molecular weight excluding hydrogens is 441 g/mol. The third-order valence-corrected chi connectivity index (χ3v) is 6.27. The summed E-state index contributed by atoms with van der Waals surface area (Å²) < 4.78 is 32.1. The monoisotopic (exact) mass is 451 g/mol. The average Bonchev–Trinajstić information content (AvgIpc) is 2.55. The number of halogens is 3. The second-order valence-corrected chi connectivity index (χ2v) is 8.15. The topological polar surface area (TPSA) is 63.7 Å². The van der Waals surface area contributed by atoms with Crippen molar-refractivity contribution in [1.29, 1.82) is 0 Å². The minimum Gasteiger partial charge on any atom is -0.468 e. The van der Waals surface area contributed by atoms with Crippen molar-refractivity contribution in [1.82, 2.24) is 0 Å². The van der Waals surface area contributed by atoms with Crippen molar-refractivity contribution in [2.45, 2.75) is 4.90 Å². The van der Waals surface area contributed by atoms with Gasteiger partial charge < -0.3 is 4.74 Å². The Labute approximate surface area is 158 Å².